The van der Waals surface area contributed by atoms with Crippen molar-refractivity contribution in [1.82, 2.24) is 5.43 Å². The van der Waals surface area contributed by atoms with Crippen LogP contribution in [0, 0.1) is 11.8 Å². The fraction of sp³-hybridized carbons (Fsp3) is 0.778. The fourth-order valence-electron chi connectivity index (χ4n) is 1.70. The van der Waals surface area contributed by atoms with E-state index in [1.807, 2.05) is 0 Å². The minimum Gasteiger partial charge on any atom is -0.375 e. The van der Waals surface area contributed by atoms with Gasteiger partial charge in [-0.05, 0) is 43.3 Å². The van der Waals surface area contributed by atoms with Crippen molar-refractivity contribution in [3.05, 3.63) is 0 Å². The lowest BCUT2D eigenvalue weighted by molar-refractivity contribution is 0.402. The lowest BCUT2D eigenvalue weighted by Gasteiger charge is -2.26. The molecule has 0 aromatic rings. The second-order valence-corrected chi connectivity index (χ2v) is 4.18. The van der Waals surface area contributed by atoms with Crippen LogP contribution in [-0.2, 0) is 0 Å². The summed E-state index contributed by atoms with van der Waals surface area (Å²) in [6, 6.07) is 0. The molecule has 2 unspecified atom stereocenters. The van der Waals surface area contributed by atoms with E-state index in [4.69, 9.17) is 18.0 Å². The van der Waals surface area contributed by atoms with Crippen LogP contribution in [0.4, 0.5) is 0 Å². The molecule has 74 valence electrons. The van der Waals surface area contributed by atoms with Crippen LogP contribution in [0.15, 0.2) is 5.10 Å². The Bertz CT molecular complexity index is 225. The van der Waals surface area contributed by atoms with Gasteiger partial charge in [-0.3, -0.25) is 5.43 Å². The van der Waals surface area contributed by atoms with E-state index in [1.54, 1.807) is 0 Å². The molecule has 0 aliphatic heterocycles. The van der Waals surface area contributed by atoms with Gasteiger partial charge in [-0.1, -0.05) is 13.8 Å². The number of thiocarbonyl (C=S) groups is 1. The molecule has 1 fully saturated rings. The molecule has 3 N–H and O–H groups in total. The number of hydrogen-bond donors (Lipinski definition) is 2. The number of nitrogens with zero attached hydrogens (tertiary/aromatic N) is 1. The Kier molecular flexibility index (Phi) is 3.66. The van der Waals surface area contributed by atoms with Crippen molar-refractivity contribution < 1.29 is 0 Å². The molecular weight excluding hydrogens is 182 g/mol. The highest BCUT2D eigenvalue weighted by Gasteiger charge is 2.22. The molecule has 0 aromatic carbocycles. The maximum atomic E-state index is 5.30. The van der Waals surface area contributed by atoms with E-state index in [-0.39, 0.29) is 5.11 Å². The van der Waals surface area contributed by atoms with Crippen LogP contribution >= 0.6 is 12.2 Å². The molecule has 0 radical (unpaired) electrons. The van der Waals surface area contributed by atoms with Crippen molar-refractivity contribution in [2.45, 2.75) is 33.1 Å². The van der Waals surface area contributed by atoms with Gasteiger partial charge in [0.05, 0.1) is 0 Å². The zero-order chi connectivity index (χ0) is 9.84. The summed E-state index contributed by atoms with van der Waals surface area (Å²) in [5, 5.41) is 4.46. The van der Waals surface area contributed by atoms with Crippen molar-refractivity contribution in [1.29, 1.82) is 0 Å². The van der Waals surface area contributed by atoms with Crippen LogP contribution in [0.25, 0.3) is 0 Å². The Labute approximate surface area is 84.8 Å². The highest BCUT2D eigenvalue weighted by Crippen LogP contribution is 2.26. The smallest absolute Gasteiger partial charge is 0.184 e. The second kappa shape index (κ2) is 4.56. The first-order chi connectivity index (χ1) is 6.11. The van der Waals surface area contributed by atoms with Crippen LogP contribution in [0.1, 0.15) is 33.1 Å². The quantitative estimate of drug-likeness (QED) is 0.498. The first kappa shape index (κ1) is 10.4. The van der Waals surface area contributed by atoms with Crippen LogP contribution in [0.5, 0.6) is 0 Å². The highest BCUT2D eigenvalue weighted by molar-refractivity contribution is 7.80. The lowest BCUT2D eigenvalue weighted by Crippen LogP contribution is -2.30. The molecular formula is C9H17N3S. The molecule has 0 heterocycles. The summed E-state index contributed by atoms with van der Waals surface area (Å²) in [5.74, 6) is 1.27. The largest absolute Gasteiger partial charge is 0.375 e. The van der Waals surface area contributed by atoms with Gasteiger partial charge in [-0.25, -0.2) is 0 Å². The van der Waals surface area contributed by atoms with Crippen LogP contribution in [0.2, 0.25) is 0 Å². The molecule has 3 nitrogen and oxygen atoms in total. The molecule has 4 heteroatoms. The molecule has 1 rings (SSSR count). The van der Waals surface area contributed by atoms with Gasteiger partial charge in [0.2, 0.25) is 0 Å². The predicted molar refractivity (Wildman–Crippen MR) is 59.5 cm³/mol. The monoisotopic (exact) mass is 199 g/mol. The fourth-order valence-corrected chi connectivity index (χ4v) is 1.74. The van der Waals surface area contributed by atoms with Gasteiger partial charge >= 0.3 is 0 Å². The van der Waals surface area contributed by atoms with Gasteiger partial charge in [0.15, 0.2) is 5.11 Å². The van der Waals surface area contributed by atoms with Gasteiger partial charge in [-0.15, -0.1) is 0 Å². The molecule has 0 amide bonds. The molecule has 0 spiro atoms. The molecule has 0 bridgehead atoms. The van der Waals surface area contributed by atoms with Crippen LogP contribution < -0.4 is 11.2 Å². The molecule has 0 aromatic heterocycles. The SMILES string of the molecule is CC1CCCC(=NNC(N)=S)C1C. The zero-order valence-electron chi connectivity index (χ0n) is 8.21. The average Bonchev–Trinajstić information content (AvgIpc) is 2.07. The van der Waals surface area contributed by atoms with E-state index < -0.39 is 0 Å². The Morgan fingerprint density at radius 1 is 1.62 bits per heavy atom. The third-order valence-electron chi connectivity index (χ3n) is 2.78. The molecule has 1 aliphatic rings. The summed E-state index contributed by atoms with van der Waals surface area (Å²) in [6.45, 7) is 4.48. The number of rotatable bonds is 1. The summed E-state index contributed by atoms with van der Waals surface area (Å²) >= 11 is 4.69. The molecule has 2 atom stereocenters. The summed E-state index contributed by atoms with van der Waals surface area (Å²) in [6.07, 6.45) is 3.59. The van der Waals surface area contributed by atoms with Gasteiger partial charge in [0.25, 0.3) is 0 Å². The number of nitrogens with one attached hydrogen (secondary N) is 1. The van der Waals surface area contributed by atoms with Gasteiger partial charge in [0, 0.05) is 5.71 Å². The van der Waals surface area contributed by atoms with E-state index in [0.29, 0.717) is 5.92 Å². The first-order valence-electron chi connectivity index (χ1n) is 4.73. The van der Waals surface area contributed by atoms with E-state index in [1.165, 1.54) is 18.6 Å². The van der Waals surface area contributed by atoms with Crippen LogP contribution in [0.3, 0.4) is 0 Å². The number of nitrogens with two attached hydrogens (primary N) is 1. The molecule has 0 saturated heterocycles. The Balaban J connectivity index is 2.56. The normalized spacial score (nSPS) is 31.7. The summed E-state index contributed by atoms with van der Waals surface area (Å²) in [4.78, 5) is 0. The van der Waals surface area contributed by atoms with Crippen LogP contribution in [-0.4, -0.2) is 10.8 Å². The summed E-state index contributed by atoms with van der Waals surface area (Å²) < 4.78 is 0. The molecule has 1 saturated carbocycles. The average molecular weight is 199 g/mol. The van der Waals surface area contributed by atoms with Gasteiger partial charge in [0.1, 0.15) is 0 Å². The highest BCUT2D eigenvalue weighted by atomic mass is 32.1. The lowest BCUT2D eigenvalue weighted by atomic mass is 9.80. The van der Waals surface area contributed by atoms with E-state index in [0.717, 1.165) is 12.3 Å². The van der Waals surface area contributed by atoms with Crippen molar-refractivity contribution in [2.24, 2.45) is 22.7 Å². The minimum absolute atomic E-state index is 0.248. The maximum absolute atomic E-state index is 5.30. The standard InChI is InChI=1S/C9H17N3S/c1-6-4-3-5-8(7(6)2)11-12-9(10)13/h6-7H,3-5H2,1-2H3,(H3,10,12,13). The van der Waals surface area contributed by atoms with Crippen molar-refractivity contribution in [3.63, 3.8) is 0 Å². The van der Waals surface area contributed by atoms with E-state index in [2.05, 4.69) is 24.4 Å². The maximum Gasteiger partial charge on any atom is 0.184 e. The predicted octanol–water partition coefficient (Wildman–Crippen LogP) is 1.63. The molecule has 13 heavy (non-hydrogen) atoms. The Hall–Kier alpha value is -0.640. The van der Waals surface area contributed by atoms with Gasteiger partial charge in [-0.2, -0.15) is 5.10 Å². The first-order valence-corrected chi connectivity index (χ1v) is 5.14. The van der Waals surface area contributed by atoms with E-state index in [9.17, 15) is 0 Å². The Morgan fingerprint density at radius 2 is 2.31 bits per heavy atom. The van der Waals surface area contributed by atoms with Crippen molar-refractivity contribution >= 4 is 23.0 Å². The summed E-state index contributed by atoms with van der Waals surface area (Å²) in [7, 11) is 0. The van der Waals surface area contributed by atoms with E-state index >= 15 is 0 Å². The van der Waals surface area contributed by atoms with Crippen molar-refractivity contribution in [2.75, 3.05) is 0 Å². The third kappa shape index (κ3) is 2.95. The molecule has 1 aliphatic carbocycles. The number of hydrazone groups is 1. The Morgan fingerprint density at radius 3 is 2.92 bits per heavy atom. The number of hydrogen-bond acceptors (Lipinski definition) is 2. The van der Waals surface area contributed by atoms with Gasteiger partial charge < -0.3 is 5.73 Å². The minimum atomic E-state index is 0.248. The second-order valence-electron chi connectivity index (χ2n) is 3.74. The summed E-state index contributed by atoms with van der Waals surface area (Å²) in [5.41, 5.74) is 9.17. The zero-order valence-corrected chi connectivity index (χ0v) is 9.03. The van der Waals surface area contributed by atoms with Crippen molar-refractivity contribution in [3.8, 4) is 0 Å². The topological polar surface area (TPSA) is 50.4 Å². The third-order valence-corrected chi connectivity index (χ3v) is 2.87.